The lowest BCUT2D eigenvalue weighted by Crippen LogP contribution is -2.05. The number of rotatable bonds is 4. The van der Waals surface area contributed by atoms with Crippen LogP contribution in [0.15, 0.2) is 33.8 Å². The SMILES string of the molecule is O=C(CSc1nnc2n1CCCCC2)c1cc2cc(Cl)ccc2o1. The Hall–Kier alpha value is -1.79. The van der Waals surface area contributed by atoms with Crippen LogP contribution in [0.4, 0.5) is 0 Å². The number of hydrogen-bond donors (Lipinski definition) is 0. The summed E-state index contributed by atoms with van der Waals surface area (Å²) in [6.07, 6.45) is 4.47. The normalized spacial score (nSPS) is 14.5. The number of aromatic nitrogens is 3. The minimum atomic E-state index is -0.0571. The first-order chi connectivity index (χ1) is 11.7. The van der Waals surface area contributed by atoms with Crippen molar-refractivity contribution in [1.82, 2.24) is 14.8 Å². The summed E-state index contributed by atoms with van der Waals surface area (Å²) in [6.45, 7) is 0.933. The second kappa shape index (κ2) is 6.61. The van der Waals surface area contributed by atoms with E-state index in [2.05, 4.69) is 14.8 Å². The van der Waals surface area contributed by atoms with Gasteiger partial charge in [-0.05, 0) is 37.1 Å². The number of benzene rings is 1. The van der Waals surface area contributed by atoms with Gasteiger partial charge in [0.05, 0.1) is 5.75 Å². The van der Waals surface area contributed by atoms with E-state index in [-0.39, 0.29) is 11.5 Å². The molecule has 0 unspecified atom stereocenters. The van der Waals surface area contributed by atoms with E-state index in [0.717, 1.165) is 42.2 Å². The number of thioether (sulfide) groups is 1. The number of ketones is 1. The molecule has 2 aromatic heterocycles. The highest BCUT2D eigenvalue weighted by Crippen LogP contribution is 2.26. The molecule has 3 aromatic rings. The highest BCUT2D eigenvalue weighted by molar-refractivity contribution is 7.99. The standard InChI is InChI=1S/C17H16ClN3O2S/c18-12-5-6-14-11(8-12)9-15(23-14)13(22)10-24-17-20-19-16-4-2-1-3-7-21(16)17/h5-6,8-9H,1-4,7,10H2. The fraction of sp³-hybridized carbons (Fsp3) is 0.353. The molecule has 24 heavy (non-hydrogen) atoms. The van der Waals surface area contributed by atoms with Gasteiger partial charge >= 0.3 is 0 Å². The highest BCUT2D eigenvalue weighted by Gasteiger charge is 2.18. The zero-order chi connectivity index (χ0) is 16.5. The van der Waals surface area contributed by atoms with Crippen molar-refractivity contribution in [2.45, 2.75) is 37.4 Å². The van der Waals surface area contributed by atoms with E-state index in [1.807, 2.05) is 0 Å². The van der Waals surface area contributed by atoms with Crippen LogP contribution >= 0.6 is 23.4 Å². The molecule has 0 atom stereocenters. The highest BCUT2D eigenvalue weighted by atomic mass is 35.5. The summed E-state index contributed by atoms with van der Waals surface area (Å²) in [4.78, 5) is 12.4. The zero-order valence-corrected chi connectivity index (χ0v) is 14.6. The molecule has 4 rings (SSSR count). The average molecular weight is 362 g/mol. The number of hydrogen-bond acceptors (Lipinski definition) is 5. The Balaban J connectivity index is 1.49. The van der Waals surface area contributed by atoms with Crippen LogP contribution in [0.3, 0.4) is 0 Å². The molecule has 0 bridgehead atoms. The second-order valence-corrected chi connectivity index (χ2v) is 7.24. The molecule has 0 N–H and O–H groups in total. The van der Waals surface area contributed by atoms with Gasteiger partial charge in [0.2, 0.25) is 5.78 Å². The van der Waals surface area contributed by atoms with E-state index in [9.17, 15) is 4.79 Å². The Morgan fingerprint density at radius 1 is 1.25 bits per heavy atom. The van der Waals surface area contributed by atoms with Crippen molar-refractivity contribution in [1.29, 1.82) is 0 Å². The van der Waals surface area contributed by atoms with E-state index < -0.39 is 0 Å². The largest absolute Gasteiger partial charge is 0.453 e. The molecule has 124 valence electrons. The molecule has 0 saturated heterocycles. The van der Waals surface area contributed by atoms with Crippen molar-refractivity contribution in [3.05, 3.63) is 40.9 Å². The molecule has 0 spiro atoms. The molecule has 0 amide bonds. The van der Waals surface area contributed by atoms with Gasteiger partial charge in [-0.25, -0.2) is 0 Å². The van der Waals surface area contributed by atoms with Gasteiger partial charge in [0.15, 0.2) is 10.9 Å². The Labute approximate surface area is 148 Å². The third-order valence-electron chi connectivity index (χ3n) is 4.16. The van der Waals surface area contributed by atoms with E-state index in [0.29, 0.717) is 16.4 Å². The van der Waals surface area contributed by atoms with Gasteiger partial charge in [-0.3, -0.25) is 4.79 Å². The van der Waals surface area contributed by atoms with Gasteiger partial charge < -0.3 is 8.98 Å². The van der Waals surface area contributed by atoms with Crippen LogP contribution in [0, 0.1) is 0 Å². The predicted octanol–water partition coefficient (Wildman–Crippen LogP) is 4.38. The van der Waals surface area contributed by atoms with Gasteiger partial charge in [-0.15, -0.1) is 10.2 Å². The van der Waals surface area contributed by atoms with Crippen LogP contribution in [0.1, 0.15) is 35.6 Å². The Morgan fingerprint density at radius 3 is 3.08 bits per heavy atom. The molecule has 3 heterocycles. The smallest absolute Gasteiger partial charge is 0.208 e. The minimum Gasteiger partial charge on any atom is -0.453 e. The summed E-state index contributed by atoms with van der Waals surface area (Å²) in [5.41, 5.74) is 0.670. The van der Waals surface area contributed by atoms with Crippen LogP contribution in [0.25, 0.3) is 11.0 Å². The van der Waals surface area contributed by atoms with E-state index in [4.69, 9.17) is 16.0 Å². The van der Waals surface area contributed by atoms with Gasteiger partial charge in [-0.1, -0.05) is 29.8 Å². The minimum absolute atomic E-state index is 0.0571. The lowest BCUT2D eigenvalue weighted by atomic mass is 10.2. The third kappa shape index (κ3) is 3.08. The van der Waals surface area contributed by atoms with Gasteiger partial charge in [0.25, 0.3) is 0 Å². The molecule has 0 fully saturated rings. The van der Waals surface area contributed by atoms with Crippen LogP contribution in [0.5, 0.6) is 0 Å². The fourth-order valence-electron chi connectivity index (χ4n) is 2.92. The maximum Gasteiger partial charge on any atom is 0.208 e. The fourth-order valence-corrected chi connectivity index (χ4v) is 3.95. The van der Waals surface area contributed by atoms with Crippen molar-refractivity contribution in [2.24, 2.45) is 0 Å². The molecule has 1 aromatic carbocycles. The van der Waals surface area contributed by atoms with Gasteiger partial charge in [0, 0.05) is 23.4 Å². The lowest BCUT2D eigenvalue weighted by molar-refractivity contribution is 0.0994. The van der Waals surface area contributed by atoms with E-state index >= 15 is 0 Å². The number of Topliss-reactive ketones (excluding diaryl/α,β-unsaturated/α-hetero) is 1. The van der Waals surface area contributed by atoms with Crippen LogP contribution < -0.4 is 0 Å². The molecule has 0 aliphatic carbocycles. The summed E-state index contributed by atoms with van der Waals surface area (Å²) in [7, 11) is 0. The van der Waals surface area contributed by atoms with Crippen molar-refractivity contribution in [2.75, 3.05) is 5.75 Å². The van der Waals surface area contributed by atoms with Crippen LogP contribution in [0.2, 0.25) is 5.02 Å². The molecule has 5 nitrogen and oxygen atoms in total. The van der Waals surface area contributed by atoms with Crippen LogP contribution in [-0.4, -0.2) is 26.3 Å². The van der Waals surface area contributed by atoms with Crippen molar-refractivity contribution >= 4 is 40.1 Å². The Bertz CT molecular complexity index is 903. The van der Waals surface area contributed by atoms with Crippen molar-refractivity contribution < 1.29 is 9.21 Å². The summed E-state index contributed by atoms with van der Waals surface area (Å²) in [5.74, 6) is 1.61. The molecule has 1 aliphatic heterocycles. The quantitative estimate of drug-likeness (QED) is 0.509. The first-order valence-corrected chi connectivity index (χ1v) is 9.34. The first-order valence-electron chi connectivity index (χ1n) is 7.98. The van der Waals surface area contributed by atoms with Crippen molar-refractivity contribution in [3.63, 3.8) is 0 Å². The van der Waals surface area contributed by atoms with Gasteiger partial charge in [-0.2, -0.15) is 0 Å². The number of halogens is 1. The number of carbonyl (C=O) groups excluding carboxylic acids is 1. The summed E-state index contributed by atoms with van der Waals surface area (Å²) in [5, 5.41) is 10.8. The lowest BCUT2D eigenvalue weighted by Gasteiger charge is -2.05. The number of fused-ring (bicyclic) bond motifs is 2. The molecule has 1 aliphatic rings. The van der Waals surface area contributed by atoms with E-state index in [1.165, 1.54) is 18.2 Å². The number of nitrogens with zero attached hydrogens (tertiary/aromatic N) is 3. The maximum absolute atomic E-state index is 12.4. The molecule has 0 radical (unpaired) electrons. The van der Waals surface area contributed by atoms with Crippen molar-refractivity contribution in [3.8, 4) is 0 Å². The predicted molar refractivity (Wildman–Crippen MR) is 93.9 cm³/mol. The zero-order valence-electron chi connectivity index (χ0n) is 13.0. The molecule has 0 saturated carbocycles. The Kier molecular flexibility index (Phi) is 4.33. The molecule has 7 heteroatoms. The van der Waals surface area contributed by atoms with Crippen LogP contribution in [-0.2, 0) is 13.0 Å². The summed E-state index contributed by atoms with van der Waals surface area (Å²) < 4.78 is 7.77. The maximum atomic E-state index is 12.4. The Morgan fingerprint density at radius 2 is 2.17 bits per heavy atom. The number of furan rings is 1. The molecular formula is C17H16ClN3O2S. The second-order valence-electron chi connectivity index (χ2n) is 5.87. The monoisotopic (exact) mass is 361 g/mol. The first kappa shape index (κ1) is 15.7. The summed E-state index contributed by atoms with van der Waals surface area (Å²) in [6, 6.07) is 7.07. The average Bonchev–Trinajstić information content (AvgIpc) is 3.09. The summed E-state index contributed by atoms with van der Waals surface area (Å²) >= 11 is 7.39. The van der Waals surface area contributed by atoms with E-state index in [1.54, 1.807) is 24.3 Å². The van der Waals surface area contributed by atoms with Gasteiger partial charge in [0.1, 0.15) is 11.4 Å². The third-order valence-corrected chi connectivity index (χ3v) is 5.36. The number of aryl methyl sites for hydroxylation is 1. The topological polar surface area (TPSA) is 60.9 Å². The number of carbonyl (C=O) groups is 1. The molecular weight excluding hydrogens is 346 g/mol.